The molecule has 0 radical (unpaired) electrons. The number of nitrogens with one attached hydrogen (secondary N) is 1. The molecule has 1 atom stereocenters. The van der Waals surface area contributed by atoms with Gasteiger partial charge in [-0.25, -0.2) is 0 Å². The average Bonchev–Trinajstić information content (AvgIpc) is 2.64. The van der Waals surface area contributed by atoms with Gasteiger partial charge in [-0.3, -0.25) is 4.79 Å². The van der Waals surface area contributed by atoms with E-state index in [0.717, 1.165) is 22.9 Å². The lowest BCUT2D eigenvalue weighted by atomic mass is 10.0. The predicted molar refractivity (Wildman–Crippen MR) is 69.0 cm³/mol. The molecule has 0 aromatic carbocycles. The van der Waals surface area contributed by atoms with Crippen LogP contribution < -0.4 is 5.32 Å². The first kappa shape index (κ1) is 12.7. The Morgan fingerprint density at radius 2 is 2.27 bits per heavy atom. The smallest absolute Gasteiger partial charge is 0.252 e. The molecular weight excluding hydrogens is 274 g/mol. The van der Waals surface area contributed by atoms with Crippen molar-refractivity contribution in [1.82, 2.24) is 5.32 Å². The Hall–Kier alpha value is -0.350. The molecule has 0 aliphatic heterocycles. The summed E-state index contributed by atoms with van der Waals surface area (Å²) in [4.78, 5) is 11.9. The third-order valence-corrected chi connectivity index (χ3v) is 4.69. The molecule has 1 rings (SSSR count). The van der Waals surface area contributed by atoms with Crippen molar-refractivity contribution in [3.8, 4) is 0 Å². The van der Waals surface area contributed by atoms with Crippen molar-refractivity contribution in [2.75, 3.05) is 5.33 Å². The molecule has 1 unspecified atom stereocenters. The van der Waals surface area contributed by atoms with Gasteiger partial charge in [0.1, 0.15) is 0 Å². The minimum absolute atomic E-state index is 0.0255. The van der Waals surface area contributed by atoms with Gasteiger partial charge in [-0.2, -0.15) is 11.3 Å². The van der Waals surface area contributed by atoms with Crippen LogP contribution in [0.2, 0.25) is 0 Å². The number of amides is 1. The van der Waals surface area contributed by atoms with Crippen LogP contribution in [0.4, 0.5) is 0 Å². The molecule has 1 amide bonds. The monoisotopic (exact) mass is 289 g/mol. The summed E-state index contributed by atoms with van der Waals surface area (Å²) in [6.45, 7) is 6.08. The lowest BCUT2D eigenvalue weighted by molar-refractivity contribution is 0.0913. The first-order chi connectivity index (χ1) is 7.02. The molecule has 0 bridgehead atoms. The maximum Gasteiger partial charge on any atom is 0.252 e. The molecule has 0 aliphatic rings. The van der Waals surface area contributed by atoms with Crippen LogP contribution in [0.15, 0.2) is 10.8 Å². The van der Waals surface area contributed by atoms with E-state index in [2.05, 4.69) is 28.2 Å². The fourth-order valence-corrected chi connectivity index (χ4v) is 2.52. The fourth-order valence-electron chi connectivity index (χ4n) is 1.15. The highest BCUT2D eigenvalue weighted by Crippen LogP contribution is 2.17. The van der Waals surface area contributed by atoms with E-state index in [1.807, 2.05) is 24.6 Å². The summed E-state index contributed by atoms with van der Waals surface area (Å²) in [6.07, 6.45) is 0.910. The second-order valence-electron chi connectivity index (χ2n) is 3.97. The van der Waals surface area contributed by atoms with Gasteiger partial charge in [0, 0.05) is 16.2 Å². The molecule has 1 aromatic heterocycles. The number of alkyl halides is 1. The van der Waals surface area contributed by atoms with Crippen LogP contribution in [-0.4, -0.2) is 16.8 Å². The molecule has 0 spiro atoms. The molecule has 1 aromatic rings. The fraction of sp³-hybridized carbons (Fsp3) is 0.545. The summed E-state index contributed by atoms with van der Waals surface area (Å²) in [6, 6.07) is 0. The number of carbonyl (C=O) groups excluding carboxylic acids is 1. The van der Waals surface area contributed by atoms with E-state index in [-0.39, 0.29) is 11.4 Å². The number of aryl methyl sites for hydroxylation is 1. The number of hydrogen-bond acceptors (Lipinski definition) is 2. The van der Waals surface area contributed by atoms with Crippen molar-refractivity contribution >= 4 is 33.2 Å². The highest BCUT2D eigenvalue weighted by atomic mass is 79.9. The summed E-state index contributed by atoms with van der Waals surface area (Å²) in [7, 11) is 0. The summed E-state index contributed by atoms with van der Waals surface area (Å²) in [5, 5.41) is 7.72. The molecule has 0 saturated heterocycles. The zero-order valence-electron chi connectivity index (χ0n) is 9.26. The van der Waals surface area contributed by atoms with E-state index < -0.39 is 0 Å². The van der Waals surface area contributed by atoms with Crippen LogP contribution in [0.25, 0.3) is 0 Å². The zero-order valence-corrected chi connectivity index (χ0v) is 11.7. The Balaban J connectivity index is 2.76. The van der Waals surface area contributed by atoms with Gasteiger partial charge in [0.15, 0.2) is 0 Å². The van der Waals surface area contributed by atoms with Crippen LogP contribution >= 0.6 is 27.3 Å². The van der Waals surface area contributed by atoms with Gasteiger partial charge < -0.3 is 5.32 Å². The van der Waals surface area contributed by atoms with E-state index in [4.69, 9.17) is 0 Å². The summed E-state index contributed by atoms with van der Waals surface area (Å²) in [5.74, 6) is 0.0255. The topological polar surface area (TPSA) is 29.1 Å². The Morgan fingerprint density at radius 3 is 2.67 bits per heavy atom. The molecule has 0 fully saturated rings. The minimum atomic E-state index is -0.161. The number of rotatable bonds is 4. The van der Waals surface area contributed by atoms with Crippen molar-refractivity contribution in [3.63, 3.8) is 0 Å². The zero-order chi connectivity index (χ0) is 11.5. The first-order valence-electron chi connectivity index (χ1n) is 4.93. The Morgan fingerprint density at radius 1 is 1.60 bits per heavy atom. The maximum absolute atomic E-state index is 11.9. The summed E-state index contributed by atoms with van der Waals surface area (Å²) >= 11 is 4.99. The van der Waals surface area contributed by atoms with E-state index in [1.165, 1.54) is 0 Å². The van der Waals surface area contributed by atoms with Crippen LogP contribution in [0, 0.1) is 6.92 Å². The van der Waals surface area contributed by atoms with E-state index in [1.54, 1.807) is 11.3 Å². The normalized spacial score (nSPS) is 14.7. The molecular formula is C11H16BrNOS. The van der Waals surface area contributed by atoms with Gasteiger partial charge in [0.2, 0.25) is 0 Å². The van der Waals surface area contributed by atoms with Gasteiger partial charge in [0.25, 0.3) is 5.91 Å². The third kappa shape index (κ3) is 3.05. The van der Waals surface area contributed by atoms with Crippen LogP contribution in [0.1, 0.15) is 36.2 Å². The van der Waals surface area contributed by atoms with Crippen LogP contribution in [-0.2, 0) is 0 Å². The SMILES string of the molecule is CCC(C)(CBr)NC(=O)c1cscc1C. The van der Waals surface area contributed by atoms with Gasteiger partial charge in [0.05, 0.1) is 5.56 Å². The molecule has 1 N–H and O–H groups in total. The number of halogens is 1. The summed E-state index contributed by atoms with van der Waals surface area (Å²) in [5.41, 5.74) is 1.68. The number of thiophene rings is 1. The van der Waals surface area contributed by atoms with E-state index >= 15 is 0 Å². The van der Waals surface area contributed by atoms with E-state index in [9.17, 15) is 4.79 Å². The van der Waals surface area contributed by atoms with Gasteiger partial charge in [-0.15, -0.1) is 0 Å². The highest BCUT2D eigenvalue weighted by molar-refractivity contribution is 9.09. The third-order valence-electron chi connectivity index (χ3n) is 2.59. The molecule has 0 aliphatic carbocycles. The quantitative estimate of drug-likeness (QED) is 0.847. The molecule has 15 heavy (non-hydrogen) atoms. The van der Waals surface area contributed by atoms with Gasteiger partial charge in [-0.1, -0.05) is 22.9 Å². The molecule has 84 valence electrons. The lowest BCUT2D eigenvalue weighted by Crippen LogP contribution is -2.47. The van der Waals surface area contributed by atoms with Crippen LogP contribution in [0.3, 0.4) is 0 Å². The second-order valence-corrected chi connectivity index (χ2v) is 5.27. The summed E-state index contributed by atoms with van der Waals surface area (Å²) < 4.78 is 0. The standard InChI is InChI=1S/C11H16BrNOS/c1-4-11(3,7-12)13-10(14)9-6-15-5-8(9)2/h5-6H,4,7H2,1-3H3,(H,13,14). The van der Waals surface area contributed by atoms with E-state index in [0.29, 0.717) is 0 Å². The van der Waals surface area contributed by atoms with Crippen molar-refractivity contribution in [2.24, 2.45) is 0 Å². The lowest BCUT2D eigenvalue weighted by Gasteiger charge is -2.27. The first-order valence-corrected chi connectivity index (χ1v) is 7.00. The maximum atomic E-state index is 11.9. The van der Waals surface area contributed by atoms with Crippen molar-refractivity contribution < 1.29 is 4.79 Å². The van der Waals surface area contributed by atoms with Gasteiger partial charge >= 0.3 is 0 Å². The van der Waals surface area contributed by atoms with Crippen molar-refractivity contribution in [2.45, 2.75) is 32.7 Å². The molecule has 4 heteroatoms. The Bertz CT molecular complexity index is 344. The Labute approximate surface area is 103 Å². The number of hydrogen-bond donors (Lipinski definition) is 1. The molecule has 2 nitrogen and oxygen atoms in total. The van der Waals surface area contributed by atoms with Crippen molar-refractivity contribution in [3.05, 3.63) is 21.9 Å². The predicted octanol–water partition coefficient (Wildman–Crippen LogP) is 3.35. The second kappa shape index (κ2) is 5.12. The molecule has 0 saturated carbocycles. The van der Waals surface area contributed by atoms with Crippen molar-refractivity contribution in [1.29, 1.82) is 0 Å². The van der Waals surface area contributed by atoms with Gasteiger partial charge in [-0.05, 0) is 31.2 Å². The Kier molecular flexibility index (Phi) is 4.34. The highest BCUT2D eigenvalue weighted by Gasteiger charge is 2.24. The van der Waals surface area contributed by atoms with Crippen LogP contribution in [0.5, 0.6) is 0 Å². The minimum Gasteiger partial charge on any atom is -0.346 e. The largest absolute Gasteiger partial charge is 0.346 e. The average molecular weight is 290 g/mol. The number of carbonyl (C=O) groups is 1. The molecule has 1 heterocycles.